The zero-order valence-corrected chi connectivity index (χ0v) is 10.1. The Bertz CT molecular complexity index is 315. The van der Waals surface area contributed by atoms with Crippen molar-refractivity contribution in [3.05, 3.63) is 22.4 Å². The Kier molecular flexibility index (Phi) is 3.57. The molecule has 15 heavy (non-hydrogen) atoms. The van der Waals surface area contributed by atoms with Crippen molar-refractivity contribution < 1.29 is 4.79 Å². The summed E-state index contributed by atoms with van der Waals surface area (Å²) < 4.78 is 0. The number of carbonyl (C=O) groups is 1. The summed E-state index contributed by atoms with van der Waals surface area (Å²) in [5.41, 5.74) is 0. The number of hydrogen-bond acceptors (Lipinski definition) is 2. The highest BCUT2D eigenvalue weighted by Gasteiger charge is 2.28. The van der Waals surface area contributed by atoms with Gasteiger partial charge in [-0.1, -0.05) is 19.4 Å². The number of rotatable bonds is 4. The molecular formula is C13H18OS. The van der Waals surface area contributed by atoms with Gasteiger partial charge in [-0.2, -0.15) is 0 Å². The van der Waals surface area contributed by atoms with Gasteiger partial charge in [0, 0.05) is 17.2 Å². The minimum absolute atomic E-state index is 0.358. The number of carbonyl (C=O) groups excluding carboxylic acids is 1. The standard InChI is InChI=1S/C13H18OS/c1-2-10-5-6-11(8-10)13(14)9-12-4-3-7-15-12/h3-4,7,10-11H,2,5-6,8-9H2,1H3. The minimum atomic E-state index is 0.358. The molecule has 0 spiro atoms. The number of thiophene rings is 1. The van der Waals surface area contributed by atoms with Crippen LogP contribution in [0.2, 0.25) is 0 Å². The SMILES string of the molecule is CCC1CCC(C(=O)Cc2cccs2)C1. The highest BCUT2D eigenvalue weighted by Crippen LogP contribution is 2.34. The lowest BCUT2D eigenvalue weighted by molar-refractivity contribution is -0.122. The Hall–Kier alpha value is -0.630. The van der Waals surface area contributed by atoms with Gasteiger partial charge in [0.1, 0.15) is 5.78 Å². The molecule has 0 bridgehead atoms. The van der Waals surface area contributed by atoms with E-state index in [1.54, 1.807) is 11.3 Å². The van der Waals surface area contributed by atoms with E-state index in [-0.39, 0.29) is 0 Å². The van der Waals surface area contributed by atoms with Crippen LogP contribution in [0, 0.1) is 11.8 Å². The maximum Gasteiger partial charge on any atom is 0.141 e. The molecule has 1 aromatic heterocycles. The third kappa shape index (κ3) is 2.69. The van der Waals surface area contributed by atoms with E-state index in [4.69, 9.17) is 0 Å². The summed E-state index contributed by atoms with van der Waals surface area (Å²) in [5.74, 6) is 1.63. The van der Waals surface area contributed by atoms with Crippen molar-refractivity contribution in [2.75, 3.05) is 0 Å². The zero-order chi connectivity index (χ0) is 10.7. The quantitative estimate of drug-likeness (QED) is 0.759. The monoisotopic (exact) mass is 222 g/mol. The van der Waals surface area contributed by atoms with Gasteiger partial charge < -0.3 is 0 Å². The maximum absolute atomic E-state index is 12.0. The predicted octanol–water partition coefficient (Wildman–Crippen LogP) is 3.69. The summed E-state index contributed by atoms with van der Waals surface area (Å²) in [4.78, 5) is 13.2. The van der Waals surface area contributed by atoms with Crippen LogP contribution in [0.1, 0.15) is 37.5 Å². The fraction of sp³-hybridized carbons (Fsp3) is 0.615. The van der Waals surface area contributed by atoms with E-state index in [0.717, 1.165) is 18.8 Å². The summed E-state index contributed by atoms with van der Waals surface area (Å²) in [6, 6.07) is 4.09. The molecular weight excluding hydrogens is 204 g/mol. The van der Waals surface area contributed by atoms with Gasteiger partial charge >= 0.3 is 0 Å². The molecule has 1 fully saturated rings. The van der Waals surface area contributed by atoms with E-state index in [2.05, 4.69) is 13.0 Å². The minimum Gasteiger partial charge on any atom is -0.299 e. The molecule has 2 unspecified atom stereocenters. The Morgan fingerprint density at radius 1 is 1.53 bits per heavy atom. The van der Waals surface area contributed by atoms with Crippen LogP contribution >= 0.6 is 11.3 Å². The molecule has 2 atom stereocenters. The maximum atomic E-state index is 12.0. The molecule has 0 N–H and O–H groups in total. The summed E-state index contributed by atoms with van der Waals surface area (Å²) >= 11 is 1.70. The average molecular weight is 222 g/mol. The van der Waals surface area contributed by atoms with Gasteiger partial charge in [-0.05, 0) is 36.6 Å². The van der Waals surface area contributed by atoms with Crippen LogP contribution in [0.4, 0.5) is 0 Å². The third-order valence-electron chi connectivity index (χ3n) is 3.50. The molecule has 82 valence electrons. The molecule has 1 aromatic rings. The van der Waals surface area contributed by atoms with Gasteiger partial charge in [-0.3, -0.25) is 4.79 Å². The first-order chi connectivity index (χ1) is 7.29. The van der Waals surface area contributed by atoms with Crippen molar-refractivity contribution in [2.24, 2.45) is 11.8 Å². The zero-order valence-electron chi connectivity index (χ0n) is 9.24. The lowest BCUT2D eigenvalue weighted by Gasteiger charge is -2.08. The van der Waals surface area contributed by atoms with Crippen molar-refractivity contribution in [3.8, 4) is 0 Å². The molecule has 1 aliphatic carbocycles. The predicted molar refractivity (Wildman–Crippen MR) is 64.2 cm³/mol. The number of Topliss-reactive ketones (excluding diaryl/α,β-unsaturated/α-hetero) is 1. The first-order valence-electron chi connectivity index (χ1n) is 5.84. The van der Waals surface area contributed by atoms with Gasteiger partial charge in [0.05, 0.1) is 0 Å². The second-order valence-electron chi connectivity index (χ2n) is 4.51. The van der Waals surface area contributed by atoms with E-state index >= 15 is 0 Å². The number of ketones is 1. The summed E-state index contributed by atoms with van der Waals surface area (Å²) in [6.07, 6.45) is 5.43. The fourth-order valence-corrected chi connectivity index (χ4v) is 3.18. The van der Waals surface area contributed by atoms with Gasteiger partial charge in [0.2, 0.25) is 0 Å². The van der Waals surface area contributed by atoms with Crippen molar-refractivity contribution in [2.45, 2.75) is 39.0 Å². The largest absolute Gasteiger partial charge is 0.299 e. The van der Waals surface area contributed by atoms with Gasteiger partial charge in [-0.15, -0.1) is 11.3 Å². The van der Waals surface area contributed by atoms with E-state index in [0.29, 0.717) is 18.1 Å². The van der Waals surface area contributed by atoms with E-state index in [1.807, 2.05) is 11.4 Å². The van der Waals surface area contributed by atoms with Crippen LogP contribution in [0.25, 0.3) is 0 Å². The topological polar surface area (TPSA) is 17.1 Å². The van der Waals surface area contributed by atoms with Crippen molar-refractivity contribution in [1.82, 2.24) is 0 Å². The summed E-state index contributed by atoms with van der Waals surface area (Å²) in [6.45, 7) is 2.23. The molecule has 0 aromatic carbocycles. The third-order valence-corrected chi connectivity index (χ3v) is 4.38. The Balaban J connectivity index is 1.87. The van der Waals surface area contributed by atoms with Crippen LogP contribution in [0.3, 0.4) is 0 Å². The highest BCUT2D eigenvalue weighted by atomic mass is 32.1. The lowest BCUT2D eigenvalue weighted by atomic mass is 9.97. The normalized spacial score (nSPS) is 25.7. The Morgan fingerprint density at radius 2 is 2.40 bits per heavy atom. The van der Waals surface area contributed by atoms with Gasteiger partial charge in [-0.25, -0.2) is 0 Å². The van der Waals surface area contributed by atoms with Crippen molar-refractivity contribution >= 4 is 17.1 Å². The molecule has 1 heterocycles. The van der Waals surface area contributed by atoms with E-state index in [1.165, 1.54) is 17.7 Å². The molecule has 2 rings (SSSR count). The molecule has 1 nitrogen and oxygen atoms in total. The second-order valence-corrected chi connectivity index (χ2v) is 5.54. The summed E-state index contributed by atoms with van der Waals surface area (Å²) in [5, 5.41) is 2.05. The number of hydrogen-bond donors (Lipinski definition) is 0. The molecule has 1 aliphatic rings. The molecule has 0 aliphatic heterocycles. The smallest absolute Gasteiger partial charge is 0.141 e. The lowest BCUT2D eigenvalue weighted by Crippen LogP contribution is -2.13. The van der Waals surface area contributed by atoms with Crippen LogP contribution in [-0.4, -0.2) is 5.78 Å². The van der Waals surface area contributed by atoms with Crippen molar-refractivity contribution in [3.63, 3.8) is 0 Å². The molecule has 2 heteroatoms. The van der Waals surface area contributed by atoms with E-state index in [9.17, 15) is 4.79 Å². The van der Waals surface area contributed by atoms with Crippen LogP contribution in [0.15, 0.2) is 17.5 Å². The first kappa shape index (κ1) is 10.9. The molecule has 0 radical (unpaired) electrons. The highest BCUT2D eigenvalue weighted by molar-refractivity contribution is 7.10. The van der Waals surface area contributed by atoms with Gasteiger partial charge in [0.15, 0.2) is 0 Å². The molecule has 0 saturated heterocycles. The fourth-order valence-electron chi connectivity index (χ4n) is 2.47. The average Bonchev–Trinajstić information content (AvgIpc) is 2.86. The molecule has 0 amide bonds. The Labute approximate surface area is 95.5 Å². The Morgan fingerprint density at radius 3 is 3.00 bits per heavy atom. The van der Waals surface area contributed by atoms with Crippen LogP contribution < -0.4 is 0 Å². The summed E-state index contributed by atoms with van der Waals surface area (Å²) in [7, 11) is 0. The van der Waals surface area contributed by atoms with Crippen LogP contribution in [-0.2, 0) is 11.2 Å². The second kappa shape index (κ2) is 4.93. The first-order valence-corrected chi connectivity index (χ1v) is 6.72. The molecule has 1 saturated carbocycles. The van der Waals surface area contributed by atoms with Gasteiger partial charge in [0.25, 0.3) is 0 Å². The van der Waals surface area contributed by atoms with Crippen molar-refractivity contribution in [1.29, 1.82) is 0 Å². The van der Waals surface area contributed by atoms with Crippen LogP contribution in [0.5, 0.6) is 0 Å². The van der Waals surface area contributed by atoms with E-state index < -0.39 is 0 Å².